The van der Waals surface area contributed by atoms with Crippen molar-refractivity contribution in [3.05, 3.63) is 65.5 Å². The molecule has 2 aromatic carbocycles. The van der Waals surface area contributed by atoms with Gasteiger partial charge in [0.2, 0.25) is 11.8 Å². The van der Waals surface area contributed by atoms with Crippen molar-refractivity contribution < 1.29 is 18.7 Å². The molecule has 7 heteroatoms. The highest BCUT2D eigenvalue weighted by molar-refractivity contribution is 5.85. The molecule has 0 bridgehead atoms. The molecule has 0 saturated heterocycles. The average molecular weight is 416 g/mol. The second-order valence-corrected chi connectivity index (χ2v) is 6.90. The van der Waals surface area contributed by atoms with E-state index in [9.17, 15) is 14.0 Å². The van der Waals surface area contributed by atoms with Crippen molar-refractivity contribution in [2.75, 3.05) is 33.3 Å². The quantitative estimate of drug-likeness (QED) is 0.592. The van der Waals surface area contributed by atoms with Gasteiger partial charge in [0.05, 0.1) is 26.1 Å². The topological polar surface area (TPSA) is 70.7 Å². The second kappa shape index (κ2) is 11.9. The van der Waals surface area contributed by atoms with Gasteiger partial charge >= 0.3 is 0 Å². The van der Waals surface area contributed by atoms with E-state index in [-0.39, 0.29) is 30.8 Å². The van der Waals surface area contributed by atoms with Crippen molar-refractivity contribution in [1.82, 2.24) is 15.5 Å². The molecule has 6 nitrogen and oxygen atoms in total. The lowest BCUT2D eigenvalue weighted by molar-refractivity contribution is -0.125. The van der Waals surface area contributed by atoms with Gasteiger partial charge in [0.1, 0.15) is 11.6 Å². The molecule has 30 heavy (non-hydrogen) atoms. The minimum absolute atomic E-state index is 0.0120. The first-order chi connectivity index (χ1) is 14.5. The smallest absolute Gasteiger partial charge is 0.239 e. The Kier molecular flexibility index (Phi) is 9.28. The molecular weight excluding hydrogens is 385 g/mol. The van der Waals surface area contributed by atoms with Crippen LogP contribution in [0.1, 0.15) is 31.0 Å². The van der Waals surface area contributed by atoms with Gasteiger partial charge in [0.15, 0.2) is 0 Å². The average Bonchev–Trinajstić information content (AvgIpc) is 2.75. The summed E-state index contributed by atoms with van der Waals surface area (Å²) in [7, 11) is 1.62. The fraction of sp³-hybridized carbons (Fsp3) is 0.391. The van der Waals surface area contributed by atoms with Crippen molar-refractivity contribution in [3.8, 4) is 5.75 Å². The second-order valence-electron chi connectivity index (χ2n) is 6.90. The predicted molar refractivity (Wildman–Crippen MR) is 115 cm³/mol. The maximum absolute atomic E-state index is 13.2. The number of carbonyl (C=O) groups excluding carboxylic acids is 2. The molecule has 0 aliphatic carbocycles. The molecule has 0 aliphatic heterocycles. The van der Waals surface area contributed by atoms with Crippen LogP contribution in [-0.4, -0.2) is 50.0 Å². The van der Waals surface area contributed by atoms with Gasteiger partial charge in [-0.2, -0.15) is 0 Å². The standard InChI is InChI=1S/C23H30FN3O3/c1-4-27(5-2)21(18-9-7-11-20(14-18)30-3)15-25-23(29)16-26-22(28)13-17-8-6-10-19(24)12-17/h6-12,14,21H,4-5,13,15-16H2,1-3H3,(H,25,29)(H,26,28). The fourth-order valence-electron chi connectivity index (χ4n) is 3.32. The fourth-order valence-corrected chi connectivity index (χ4v) is 3.32. The number of halogens is 1. The molecule has 2 N–H and O–H groups in total. The molecule has 0 radical (unpaired) electrons. The summed E-state index contributed by atoms with van der Waals surface area (Å²) in [5, 5.41) is 5.48. The third-order valence-corrected chi connectivity index (χ3v) is 4.92. The number of likely N-dealkylation sites (N-methyl/N-ethyl adjacent to an activating group) is 1. The minimum atomic E-state index is -0.391. The lowest BCUT2D eigenvalue weighted by Gasteiger charge is -2.30. The van der Waals surface area contributed by atoms with Gasteiger partial charge in [-0.15, -0.1) is 0 Å². The molecule has 0 aliphatic rings. The summed E-state index contributed by atoms with van der Waals surface area (Å²) in [6.07, 6.45) is 0.0247. The van der Waals surface area contributed by atoms with Crippen LogP contribution in [0.2, 0.25) is 0 Å². The van der Waals surface area contributed by atoms with Crippen LogP contribution in [0.5, 0.6) is 5.75 Å². The monoisotopic (exact) mass is 415 g/mol. The number of benzene rings is 2. The van der Waals surface area contributed by atoms with E-state index in [0.717, 1.165) is 24.4 Å². The van der Waals surface area contributed by atoms with Crippen molar-refractivity contribution in [2.45, 2.75) is 26.3 Å². The Bertz CT molecular complexity index is 840. The first-order valence-corrected chi connectivity index (χ1v) is 10.1. The summed E-state index contributed by atoms with van der Waals surface area (Å²) in [5.74, 6) is -0.231. The van der Waals surface area contributed by atoms with Crippen LogP contribution >= 0.6 is 0 Å². The van der Waals surface area contributed by atoms with E-state index in [1.807, 2.05) is 24.3 Å². The molecule has 0 spiro atoms. The van der Waals surface area contributed by atoms with Crippen molar-refractivity contribution in [2.24, 2.45) is 0 Å². The Labute approximate surface area is 177 Å². The predicted octanol–water partition coefficient (Wildman–Crippen LogP) is 2.69. The first-order valence-electron chi connectivity index (χ1n) is 10.1. The number of methoxy groups -OCH3 is 1. The van der Waals surface area contributed by atoms with Crippen LogP contribution in [0.15, 0.2) is 48.5 Å². The Morgan fingerprint density at radius 2 is 1.77 bits per heavy atom. The lowest BCUT2D eigenvalue weighted by Crippen LogP contribution is -2.42. The van der Waals surface area contributed by atoms with Crippen LogP contribution in [0.3, 0.4) is 0 Å². The molecule has 0 fully saturated rings. The Morgan fingerprint density at radius 3 is 2.43 bits per heavy atom. The van der Waals surface area contributed by atoms with Crippen LogP contribution in [-0.2, 0) is 16.0 Å². The van der Waals surface area contributed by atoms with Gasteiger partial charge in [0.25, 0.3) is 0 Å². The van der Waals surface area contributed by atoms with E-state index in [0.29, 0.717) is 12.1 Å². The van der Waals surface area contributed by atoms with Gasteiger partial charge < -0.3 is 15.4 Å². The van der Waals surface area contributed by atoms with E-state index >= 15 is 0 Å². The number of rotatable bonds is 11. The lowest BCUT2D eigenvalue weighted by atomic mass is 10.0. The highest BCUT2D eigenvalue weighted by atomic mass is 19.1. The van der Waals surface area contributed by atoms with Gasteiger partial charge in [-0.05, 0) is 48.5 Å². The molecule has 1 atom stereocenters. The van der Waals surface area contributed by atoms with Crippen LogP contribution in [0.4, 0.5) is 4.39 Å². The molecule has 2 amide bonds. The number of amides is 2. The zero-order chi connectivity index (χ0) is 21.9. The van der Waals surface area contributed by atoms with Crippen LogP contribution < -0.4 is 15.4 Å². The van der Waals surface area contributed by atoms with E-state index in [1.165, 1.54) is 12.1 Å². The van der Waals surface area contributed by atoms with E-state index in [4.69, 9.17) is 4.74 Å². The number of nitrogens with zero attached hydrogens (tertiary/aromatic N) is 1. The van der Waals surface area contributed by atoms with Gasteiger partial charge in [-0.25, -0.2) is 4.39 Å². The third kappa shape index (κ3) is 7.15. The molecule has 0 saturated carbocycles. The first kappa shape index (κ1) is 23.3. The maximum atomic E-state index is 13.2. The zero-order valence-corrected chi connectivity index (χ0v) is 17.8. The zero-order valence-electron chi connectivity index (χ0n) is 17.8. The largest absolute Gasteiger partial charge is 0.497 e. The Balaban J connectivity index is 1.90. The van der Waals surface area contributed by atoms with Crippen molar-refractivity contribution in [1.29, 1.82) is 0 Å². The van der Waals surface area contributed by atoms with Gasteiger partial charge in [-0.3, -0.25) is 14.5 Å². The summed E-state index contributed by atoms with van der Waals surface area (Å²) < 4.78 is 18.5. The van der Waals surface area contributed by atoms with Crippen LogP contribution in [0, 0.1) is 5.82 Å². The summed E-state index contributed by atoms with van der Waals surface area (Å²) in [6.45, 7) is 6.10. The van der Waals surface area contributed by atoms with Crippen LogP contribution in [0.25, 0.3) is 0 Å². The highest BCUT2D eigenvalue weighted by Crippen LogP contribution is 2.23. The summed E-state index contributed by atoms with van der Waals surface area (Å²) in [5.41, 5.74) is 1.61. The van der Waals surface area contributed by atoms with Gasteiger partial charge in [0, 0.05) is 6.54 Å². The number of ether oxygens (including phenoxy) is 1. The molecule has 2 aromatic rings. The van der Waals surface area contributed by atoms with E-state index in [1.54, 1.807) is 19.2 Å². The normalized spacial score (nSPS) is 11.8. The number of nitrogens with one attached hydrogen (secondary N) is 2. The van der Waals surface area contributed by atoms with Crippen molar-refractivity contribution in [3.63, 3.8) is 0 Å². The SMILES string of the molecule is CCN(CC)C(CNC(=O)CNC(=O)Cc1cccc(F)c1)c1cccc(OC)c1. The minimum Gasteiger partial charge on any atom is -0.497 e. The molecule has 0 heterocycles. The highest BCUT2D eigenvalue weighted by Gasteiger charge is 2.19. The summed E-state index contributed by atoms with van der Waals surface area (Å²) in [6, 6.07) is 13.6. The summed E-state index contributed by atoms with van der Waals surface area (Å²) >= 11 is 0. The molecule has 2 rings (SSSR count). The number of carbonyl (C=O) groups is 2. The molecular formula is C23H30FN3O3. The Hall–Kier alpha value is -2.93. The number of hydrogen-bond acceptors (Lipinski definition) is 4. The summed E-state index contributed by atoms with van der Waals surface area (Å²) in [4.78, 5) is 26.6. The maximum Gasteiger partial charge on any atom is 0.239 e. The van der Waals surface area contributed by atoms with E-state index < -0.39 is 5.82 Å². The van der Waals surface area contributed by atoms with Gasteiger partial charge in [-0.1, -0.05) is 38.1 Å². The van der Waals surface area contributed by atoms with E-state index in [2.05, 4.69) is 29.4 Å². The third-order valence-electron chi connectivity index (χ3n) is 4.92. The molecule has 162 valence electrons. The Morgan fingerprint density at radius 1 is 1.03 bits per heavy atom. The number of hydrogen-bond donors (Lipinski definition) is 2. The molecule has 0 aromatic heterocycles. The molecule has 1 unspecified atom stereocenters. The van der Waals surface area contributed by atoms with Crippen molar-refractivity contribution >= 4 is 11.8 Å².